The zero-order chi connectivity index (χ0) is 11.5. The molecule has 0 fully saturated rings. The van der Waals surface area contributed by atoms with Crippen molar-refractivity contribution < 1.29 is 14.7 Å². The van der Waals surface area contributed by atoms with Crippen molar-refractivity contribution in [2.75, 3.05) is 5.73 Å². The highest BCUT2D eigenvalue weighted by Gasteiger charge is 2.14. The van der Waals surface area contributed by atoms with Crippen molar-refractivity contribution in [2.45, 2.75) is 0 Å². The first-order valence-electron chi connectivity index (χ1n) is 4.34. The number of oxime groups is 1. The Morgan fingerprint density at radius 2 is 2.31 bits per heavy atom. The first-order valence-corrected chi connectivity index (χ1v) is 4.34. The molecule has 0 amide bonds. The summed E-state index contributed by atoms with van der Waals surface area (Å²) < 4.78 is 5.57. The number of nitrogen functional groups attached to an aromatic ring is 1. The number of imidazole rings is 1. The van der Waals surface area contributed by atoms with Crippen LogP contribution < -0.4 is 5.73 Å². The Labute approximate surface area is 89.7 Å². The van der Waals surface area contributed by atoms with Crippen LogP contribution in [0.3, 0.4) is 0 Å². The van der Waals surface area contributed by atoms with Gasteiger partial charge in [0.15, 0.2) is 0 Å². The van der Waals surface area contributed by atoms with Gasteiger partial charge in [-0.25, -0.2) is 14.3 Å². The fraction of sp³-hybridized carbons (Fsp3) is 0. The van der Waals surface area contributed by atoms with Crippen LogP contribution in [0.15, 0.2) is 29.4 Å². The third-order valence-corrected chi connectivity index (χ3v) is 1.97. The lowest BCUT2D eigenvalue weighted by Gasteiger charge is -2.01. The van der Waals surface area contributed by atoms with Gasteiger partial charge in [0.05, 0.1) is 11.0 Å². The summed E-state index contributed by atoms with van der Waals surface area (Å²) in [7, 11) is 0. The van der Waals surface area contributed by atoms with Crippen LogP contribution in [-0.2, 0) is 4.74 Å². The van der Waals surface area contributed by atoms with E-state index in [1.165, 1.54) is 0 Å². The largest absolute Gasteiger partial charge is 0.427 e. The fourth-order valence-electron chi connectivity index (χ4n) is 1.36. The summed E-state index contributed by atoms with van der Waals surface area (Å²) in [5.74, 6) is 0.0116. The molecule has 0 aliphatic heterocycles. The minimum Gasteiger partial charge on any atom is -0.408 e. The van der Waals surface area contributed by atoms with Crippen LogP contribution in [0.2, 0.25) is 0 Å². The molecule has 2 rings (SSSR count). The van der Waals surface area contributed by atoms with Gasteiger partial charge in [0.1, 0.15) is 0 Å². The van der Waals surface area contributed by atoms with Crippen molar-refractivity contribution in [1.29, 1.82) is 0 Å². The zero-order valence-corrected chi connectivity index (χ0v) is 8.07. The molecule has 2 aromatic rings. The predicted molar refractivity (Wildman–Crippen MR) is 56.3 cm³/mol. The van der Waals surface area contributed by atoms with E-state index in [4.69, 9.17) is 10.9 Å². The van der Waals surface area contributed by atoms with Gasteiger partial charge < -0.3 is 15.7 Å². The van der Waals surface area contributed by atoms with Gasteiger partial charge in [-0.05, 0) is 12.1 Å². The highest BCUT2D eigenvalue weighted by molar-refractivity contribution is 5.92. The van der Waals surface area contributed by atoms with Crippen LogP contribution in [0.4, 0.5) is 10.7 Å². The number of carbonyl (C=O) groups is 1. The fourth-order valence-corrected chi connectivity index (χ4v) is 1.36. The van der Waals surface area contributed by atoms with Gasteiger partial charge in [0, 0.05) is 0 Å². The number of rotatable bonds is 1. The summed E-state index contributed by atoms with van der Waals surface area (Å²) in [5, 5.41) is 10.7. The summed E-state index contributed by atoms with van der Waals surface area (Å²) in [6.45, 7) is 0. The number of ether oxygens (including phenoxy) is 1. The van der Waals surface area contributed by atoms with Gasteiger partial charge >= 0.3 is 6.09 Å². The molecule has 0 saturated carbocycles. The second-order valence-electron chi connectivity index (χ2n) is 2.90. The van der Waals surface area contributed by atoms with Crippen LogP contribution in [0.25, 0.3) is 11.0 Å². The lowest BCUT2D eigenvalue weighted by atomic mass is 10.3. The molecular formula is C9H8N4O3. The Balaban J connectivity index is 2.50. The molecule has 82 valence electrons. The number of carbonyl (C=O) groups excluding carboxylic acids is 1. The molecular weight excluding hydrogens is 212 g/mol. The molecule has 3 N–H and O–H groups in total. The molecule has 0 radical (unpaired) electrons. The van der Waals surface area contributed by atoms with Crippen LogP contribution in [0.1, 0.15) is 0 Å². The van der Waals surface area contributed by atoms with Crippen molar-refractivity contribution in [2.24, 2.45) is 5.16 Å². The van der Waals surface area contributed by atoms with Gasteiger partial charge in [0.25, 0.3) is 0 Å². The average molecular weight is 220 g/mol. The first kappa shape index (κ1) is 9.97. The third kappa shape index (κ3) is 1.54. The highest BCUT2D eigenvalue weighted by atomic mass is 16.6. The average Bonchev–Trinajstić information content (AvgIpc) is 2.62. The minimum absolute atomic E-state index is 0.0116. The molecule has 0 bridgehead atoms. The number of benzene rings is 1. The molecule has 0 aliphatic rings. The maximum absolute atomic E-state index is 11.5. The maximum Gasteiger partial charge on any atom is 0.427 e. The molecule has 7 heteroatoms. The lowest BCUT2D eigenvalue weighted by Crippen LogP contribution is -2.15. The summed E-state index contributed by atoms with van der Waals surface area (Å²) >= 11 is 0. The molecule has 0 saturated heterocycles. The SMILES string of the molecule is Nc1nc2ccccc2n1C(=O)OC=NO. The van der Waals surface area contributed by atoms with Crippen LogP contribution in [0, 0.1) is 0 Å². The Bertz CT molecular complexity index is 561. The van der Waals surface area contributed by atoms with Gasteiger partial charge in [-0.1, -0.05) is 17.3 Å². The van der Waals surface area contributed by atoms with E-state index in [1.807, 2.05) is 0 Å². The van der Waals surface area contributed by atoms with E-state index >= 15 is 0 Å². The van der Waals surface area contributed by atoms with Crippen LogP contribution in [0.5, 0.6) is 0 Å². The number of hydrogen-bond donors (Lipinski definition) is 2. The Hall–Kier alpha value is -2.57. The number of anilines is 1. The molecule has 0 atom stereocenters. The van der Waals surface area contributed by atoms with Crippen molar-refractivity contribution in [1.82, 2.24) is 9.55 Å². The number of nitrogens with two attached hydrogens (primary N) is 1. The van der Waals surface area contributed by atoms with Crippen LogP contribution >= 0.6 is 0 Å². The van der Waals surface area contributed by atoms with Gasteiger partial charge in [-0.15, -0.1) is 0 Å². The zero-order valence-electron chi connectivity index (χ0n) is 8.07. The molecule has 16 heavy (non-hydrogen) atoms. The molecule has 0 spiro atoms. The number of aromatic nitrogens is 2. The second-order valence-corrected chi connectivity index (χ2v) is 2.90. The van der Waals surface area contributed by atoms with E-state index in [2.05, 4.69) is 14.9 Å². The number of fused-ring (bicyclic) bond motifs is 1. The Kier molecular flexibility index (Phi) is 2.42. The van der Waals surface area contributed by atoms with E-state index in [9.17, 15) is 4.79 Å². The van der Waals surface area contributed by atoms with Crippen molar-refractivity contribution in [3.8, 4) is 0 Å². The summed E-state index contributed by atoms with van der Waals surface area (Å²) in [6, 6.07) is 6.92. The minimum atomic E-state index is -0.788. The Morgan fingerprint density at radius 3 is 3.06 bits per heavy atom. The van der Waals surface area contributed by atoms with Gasteiger partial charge in [0.2, 0.25) is 12.3 Å². The molecule has 0 unspecified atom stereocenters. The number of hydrogen-bond acceptors (Lipinski definition) is 6. The van der Waals surface area contributed by atoms with E-state index < -0.39 is 6.09 Å². The molecule has 1 aromatic heterocycles. The monoisotopic (exact) mass is 220 g/mol. The number of para-hydroxylation sites is 2. The van der Waals surface area contributed by atoms with E-state index in [1.54, 1.807) is 24.3 Å². The second kappa shape index (κ2) is 3.89. The predicted octanol–water partition coefficient (Wildman–Crippen LogP) is 1.02. The van der Waals surface area contributed by atoms with Gasteiger partial charge in [-0.3, -0.25) is 0 Å². The smallest absolute Gasteiger partial charge is 0.408 e. The van der Waals surface area contributed by atoms with E-state index in [0.717, 1.165) is 4.57 Å². The Morgan fingerprint density at radius 1 is 1.56 bits per heavy atom. The summed E-state index contributed by atoms with van der Waals surface area (Å²) in [6.07, 6.45) is -0.180. The molecule has 0 aliphatic carbocycles. The first-order chi connectivity index (χ1) is 7.74. The standard InChI is InChI=1S/C9H8N4O3/c10-8-12-6-3-1-2-4-7(6)13(8)9(14)16-5-11-15/h1-5,15H,(H2,10,12). The van der Waals surface area contributed by atoms with Crippen molar-refractivity contribution >= 4 is 29.5 Å². The van der Waals surface area contributed by atoms with Crippen molar-refractivity contribution in [3.63, 3.8) is 0 Å². The summed E-state index contributed by atoms with van der Waals surface area (Å²) in [5.41, 5.74) is 6.68. The van der Waals surface area contributed by atoms with Gasteiger partial charge in [-0.2, -0.15) is 0 Å². The molecule has 1 heterocycles. The third-order valence-electron chi connectivity index (χ3n) is 1.97. The van der Waals surface area contributed by atoms with E-state index in [-0.39, 0.29) is 5.95 Å². The maximum atomic E-state index is 11.5. The highest BCUT2D eigenvalue weighted by Crippen LogP contribution is 2.17. The molecule has 1 aromatic carbocycles. The topological polar surface area (TPSA) is 103 Å². The quantitative estimate of drug-likeness (QED) is 0.323. The van der Waals surface area contributed by atoms with E-state index in [0.29, 0.717) is 17.4 Å². The molecule has 7 nitrogen and oxygen atoms in total. The summed E-state index contributed by atoms with van der Waals surface area (Å²) in [4.78, 5) is 15.5. The van der Waals surface area contributed by atoms with Crippen molar-refractivity contribution in [3.05, 3.63) is 24.3 Å². The normalized spacial score (nSPS) is 11.0. The lowest BCUT2D eigenvalue weighted by molar-refractivity contribution is 0.199. The van der Waals surface area contributed by atoms with Crippen LogP contribution in [-0.4, -0.2) is 27.3 Å². The number of nitrogens with zero attached hydrogens (tertiary/aromatic N) is 3.